The van der Waals surface area contributed by atoms with Crippen LogP contribution in [0.3, 0.4) is 0 Å². The summed E-state index contributed by atoms with van der Waals surface area (Å²) in [6, 6.07) is 2.23. The zero-order chi connectivity index (χ0) is 8.67. The van der Waals surface area contributed by atoms with E-state index in [9.17, 15) is 0 Å². The van der Waals surface area contributed by atoms with Gasteiger partial charge in [0.2, 0.25) is 0 Å². The molecule has 0 saturated carbocycles. The predicted octanol–water partition coefficient (Wildman–Crippen LogP) is 2.18. The summed E-state index contributed by atoms with van der Waals surface area (Å²) in [6.45, 7) is 0. The fraction of sp³-hybridized carbons (Fsp3) is 0.700. The Morgan fingerprint density at radius 1 is 1.13 bits per heavy atom. The van der Waals surface area contributed by atoms with E-state index in [0.29, 0.717) is 6.04 Å². The Morgan fingerprint density at radius 2 is 1.80 bits per heavy atom. The third kappa shape index (κ3) is 2.47. The molecule has 2 saturated heterocycles. The van der Waals surface area contributed by atoms with Gasteiger partial charge >= 0.3 is 0 Å². The number of hydrogen-bond donors (Lipinski definition) is 1. The molecule has 5 heteroatoms. The highest BCUT2D eigenvalue weighted by molar-refractivity contribution is 5.85. The molecule has 0 amide bonds. The van der Waals surface area contributed by atoms with Gasteiger partial charge in [0, 0.05) is 30.5 Å². The van der Waals surface area contributed by atoms with Gasteiger partial charge in [-0.25, -0.2) is 4.98 Å². The molecule has 1 aromatic rings. The minimum atomic E-state index is 0. The third-order valence-electron chi connectivity index (χ3n) is 3.39. The van der Waals surface area contributed by atoms with Crippen molar-refractivity contribution in [1.82, 2.24) is 14.9 Å². The maximum Gasteiger partial charge on any atom is 0.0948 e. The monoisotopic (exact) mass is 249 g/mol. The molecule has 3 rings (SSSR count). The number of halogens is 2. The van der Waals surface area contributed by atoms with E-state index in [1.54, 1.807) is 0 Å². The zero-order valence-electron chi connectivity index (χ0n) is 8.50. The van der Waals surface area contributed by atoms with Crippen LogP contribution in [0.25, 0.3) is 0 Å². The van der Waals surface area contributed by atoms with E-state index < -0.39 is 0 Å². The number of aromatic nitrogens is 2. The number of hydrogen-bond acceptors (Lipinski definition) is 2. The number of nitrogens with one attached hydrogen (secondary N) is 1. The lowest BCUT2D eigenvalue weighted by Crippen LogP contribution is -2.38. The number of rotatable bonds is 1. The molecule has 2 unspecified atom stereocenters. The lowest BCUT2D eigenvalue weighted by atomic mass is 10.00. The van der Waals surface area contributed by atoms with Crippen molar-refractivity contribution < 1.29 is 0 Å². The van der Waals surface area contributed by atoms with Gasteiger partial charge in [-0.15, -0.1) is 24.8 Å². The van der Waals surface area contributed by atoms with Crippen molar-refractivity contribution in [3.8, 4) is 0 Å². The van der Waals surface area contributed by atoms with Crippen molar-refractivity contribution in [1.29, 1.82) is 0 Å². The summed E-state index contributed by atoms with van der Waals surface area (Å²) >= 11 is 0. The highest BCUT2D eigenvalue weighted by atomic mass is 35.5. The van der Waals surface area contributed by atoms with E-state index >= 15 is 0 Å². The molecule has 86 valence electrons. The van der Waals surface area contributed by atoms with E-state index in [-0.39, 0.29) is 24.8 Å². The smallest absolute Gasteiger partial charge is 0.0948 e. The van der Waals surface area contributed by atoms with E-state index in [1.807, 2.05) is 12.5 Å². The fourth-order valence-corrected chi connectivity index (χ4v) is 2.76. The molecule has 0 aromatic carbocycles. The van der Waals surface area contributed by atoms with Crippen molar-refractivity contribution in [2.45, 2.75) is 43.8 Å². The van der Waals surface area contributed by atoms with Gasteiger partial charge in [0.1, 0.15) is 0 Å². The Balaban J connectivity index is 0.000000562. The maximum absolute atomic E-state index is 4.11. The van der Waals surface area contributed by atoms with Crippen LogP contribution >= 0.6 is 24.8 Å². The quantitative estimate of drug-likeness (QED) is 0.827. The lowest BCUT2D eigenvalue weighted by Gasteiger charge is -2.29. The molecule has 3 heterocycles. The number of nitrogens with zero attached hydrogens (tertiary/aromatic N) is 2. The summed E-state index contributed by atoms with van der Waals surface area (Å²) in [4.78, 5) is 4.11. The zero-order valence-corrected chi connectivity index (χ0v) is 10.1. The molecule has 0 radical (unpaired) electrons. The van der Waals surface area contributed by atoms with Crippen molar-refractivity contribution in [3.63, 3.8) is 0 Å². The molecular weight excluding hydrogens is 233 g/mol. The molecule has 0 spiro atoms. The van der Waals surface area contributed by atoms with Crippen molar-refractivity contribution in [2.75, 3.05) is 0 Å². The minimum Gasteiger partial charge on any atom is -0.334 e. The van der Waals surface area contributed by atoms with Gasteiger partial charge in [-0.2, -0.15) is 0 Å². The first-order valence-electron chi connectivity index (χ1n) is 5.15. The van der Waals surface area contributed by atoms with Crippen LogP contribution < -0.4 is 5.32 Å². The molecule has 2 bridgehead atoms. The van der Waals surface area contributed by atoms with Gasteiger partial charge in [-0.1, -0.05) is 0 Å². The second-order valence-electron chi connectivity index (χ2n) is 4.27. The molecule has 2 aliphatic heterocycles. The first-order valence-corrected chi connectivity index (χ1v) is 5.15. The van der Waals surface area contributed by atoms with Gasteiger partial charge < -0.3 is 9.88 Å². The summed E-state index contributed by atoms with van der Waals surface area (Å²) < 4.78 is 2.27. The fourth-order valence-electron chi connectivity index (χ4n) is 2.76. The molecule has 2 atom stereocenters. The minimum absolute atomic E-state index is 0. The van der Waals surface area contributed by atoms with Crippen LogP contribution in [-0.2, 0) is 0 Å². The summed E-state index contributed by atoms with van der Waals surface area (Å²) in [7, 11) is 0. The van der Waals surface area contributed by atoms with Crippen LogP contribution in [-0.4, -0.2) is 21.6 Å². The molecule has 15 heavy (non-hydrogen) atoms. The lowest BCUT2D eigenvalue weighted by molar-refractivity contribution is 0.298. The van der Waals surface area contributed by atoms with Crippen LogP contribution in [0.4, 0.5) is 0 Å². The second kappa shape index (κ2) is 5.19. The molecule has 3 nitrogen and oxygen atoms in total. The maximum atomic E-state index is 4.11. The van der Waals surface area contributed by atoms with Crippen LogP contribution in [0, 0.1) is 0 Å². The van der Waals surface area contributed by atoms with Gasteiger partial charge in [0.05, 0.1) is 6.33 Å². The molecular formula is C10H17Cl2N3. The van der Waals surface area contributed by atoms with Crippen LogP contribution in [0.15, 0.2) is 18.7 Å². The van der Waals surface area contributed by atoms with Gasteiger partial charge in [0.25, 0.3) is 0 Å². The van der Waals surface area contributed by atoms with Crippen LogP contribution in [0.2, 0.25) is 0 Å². The third-order valence-corrected chi connectivity index (χ3v) is 3.39. The SMILES string of the molecule is Cl.Cl.c1cn(C2CC3CCC(C2)N3)cn1. The highest BCUT2D eigenvalue weighted by Crippen LogP contribution is 2.33. The van der Waals surface area contributed by atoms with Crippen LogP contribution in [0.1, 0.15) is 31.7 Å². The van der Waals surface area contributed by atoms with Gasteiger partial charge in [0.15, 0.2) is 0 Å². The van der Waals surface area contributed by atoms with Crippen LogP contribution in [0.5, 0.6) is 0 Å². The predicted molar refractivity (Wildman–Crippen MR) is 64.9 cm³/mol. The standard InChI is InChI=1S/C10H15N3.2ClH/c1-2-9-6-10(5-8(1)12-9)13-4-3-11-7-13;;/h3-4,7-10,12H,1-2,5-6H2;2*1H. The van der Waals surface area contributed by atoms with Crippen molar-refractivity contribution >= 4 is 24.8 Å². The van der Waals surface area contributed by atoms with E-state index in [1.165, 1.54) is 25.7 Å². The van der Waals surface area contributed by atoms with Crippen molar-refractivity contribution in [3.05, 3.63) is 18.7 Å². The average molecular weight is 250 g/mol. The largest absolute Gasteiger partial charge is 0.334 e. The molecule has 1 aromatic heterocycles. The Kier molecular flexibility index (Phi) is 4.44. The summed E-state index contributed by atoms with van der Waals surface area (Å²) in [5.74, 6) is 0. The molecule has 1 N–H and O–H groups in total. The molecule has 2 fully saturated rings. The Bertz CT molecular complexity index is 277. The Hall–Kier alpha value is -0.250. The first kappa shape index (κ1) is 12.8. The Labute approximate surface area is 102 Å². The normalized spacial score (nSPS) is 32.9. The first-order chi connectivity index (χ1) is 6.42. The number of piperidine rings is 1. The summed E-state index contributed by atoms with van der Waals surface area (Å²) in [5.41, 5.74) is 0. The average Bonchev–Trinajstić information content (AvgIpc) is 2.75. The molecule has 2 aliphatic rings. The molecule has 0 aliphatic carbocycles. The Morgan fingerprint density at radius 3 is 2.33 bits per heavy atom. The number of imidazole rings is 1. The van der Waals surface area contributed by atoms with E-state index in [0.717, 1.165) is 12.1 Å². The summed E-state index contributed by atoms with van der Waals surface area (Å²) in [6.07, 6.45) is 11.2. The van der Waals surface area contributed by atoms with E-state index in [4.69, 9.17) is 0 Å². The highest BCUT2D eigenvalue weighted by Gasteiger charge is 2.33. The topological polar surface area (TPSA) is 29.9 Å². The second-order valence-corrected chi connectivity index (χ2v) is 4.27. The van der Waals surface area contributed by atoms with E-state index in [2.05, 4.69) is 21.1 Å². The van der Waals surface area contributed by atoms with Gasteiger partial charge in [-0.3, -0.25) is 0 Å². The number of fused-ring (bicyclic) bond motifs is 2. The van der Waals surface area contributed by atoms with Gasteiger partial charge in [-0.05, 0) is 25.7 Å². The summed E-state index contributed by atoms with van der Waals surface area (Å²) in [5, 5.41) is 3.65. The van der Waals surface area contributed by atoms with Crippen molar-refractivity contribution in [2.24, 2.45) is 0 Å².